The standard InChI is InChI=1S/C19H29N3O3/c1-14(2)6-10-21-12-19(8-5-17(21)23)7-4-9-22(13-19)18(24)16-11-15(3)25-20-16/h11,14H,4-10,12-13H2,1-3H3/t19-/m1/s1. The van der Waals surface area contributed by atoms with Crippen molar-refractivity contribution in [1.82, 2.24) is 15.0 Å². The van der Waals surface area contributed by atoms with Crippen LogP contribution in [0, 0.1) is 18.3 Å². The SMILES string of the molecule is Cc1cc(C(=O)N2CCC[C@]3(CCC(=O)N(CCC(C)C)C3)C2)no1. The van der Waals surface area contributed by atoms with Crippen molar-refractivity contribution in [2.45, 2.75) is 52.9 Å². The summed E-state index contributed by atoms with van der Waals surface area (Å²) < 4.78 is 5.05. The van der Waals surface area contributed by atoms with Crippen LogP contribution in [0.3, 0.4) is 0 Å². The Morgan fingerprint density at radius 3 is 2.84 bits per heavy atom. The molecule has 1 atom stereocenters. The maximum Gasteiger partial charge on any atom is 0.276 e. The van der Waals surface area contributed by atoms with E-state index in [0.717, 1.165) is 45.3 Å². The van der Waals surface area contributed by atoms with Gasteiger partial charge in [0.2, 0.25) is 5.91 Å². The fourth-order valence-corrected chi connectivity index (χ4v) is 4.06. The van der Waals surface area contributed by atoms with Gasteiger partial charge in [-0.2, -0.15) is 0 Å². The Balaban J connectivity index is 1.68. The molecular formula is C19H29N3O3. The van der Waals surface area contributed by atoms with Crippen LogP contribution in [0.5, 0.6) is 0 Å². The molecule has 0 saturated carbocycles. The third-order valence-corrected chi connectivity index (χ3v) is 5.52. The van der Waals surface area contributed by atoms with E-state index >= 15 is 0 Å². The fourth-order valence-electron chi connectivity index (χ4n) is 4.06. The molecule has 0 unspecified atom stereocenters. The number of aryl methyl sites for hydroxylation is 1. The molecule has 0 aromatic carbocycles. The smallest absolute Gasteiger partial charge is 0.276 e. The molecule has 1 aromatic heterocycles. The summed E-state index contributed by atoms with van der Waals surface area (Å²) in [4.78, 5) is 28.9. The average Bonchev–Trinajstić information content (AvgIpc) is 3.02. The van der Waals surface area contributed by atoms with E-state index in [9.17, 15) is 9.59 Å². The van der Waals surface area contributed by atoms with E-state index in [-0.39, 0.29) is 17.2 Å². The van der Waals surface area contributed by atoms with E-state index in [1.54, 1.807) is 13.0 Å². The van der Waals surface area contributed by atoms with Crippen LogP contribution in [-0.2, 0) is 4.79 Å². The summed E-state index contributed by atoms with van der Waals surface area (Å²) in [6, 6.07) is 1.70. The third kappa shape index (κ3) is 4.05. The Labute approximate surface area is 149 Å². The number of hydrogen-bond donors (Lipinski definition) is 0. The summed E-state index contributed by atoms with van der Waals surface area (Å²) in [5.74, 6) is 1.45. The van der Waals surface area contributed by atoms with Gasteiger partial charge in [0.05, 0.1) is 0 Å². The monoisotopic (exact) mass is 347 g/mol. The van der Waals surface area contributed by atoms with E-state index in [1.807, 2.05) is 9.80 Å². The lowest BCUT2D eigenvalue weighted by atomic mass is 9.73. The van der Waals surface area contributed by atoms with Gasteiger partial charge in [-0.25, -0.2) is 0 Å². The number of rotatable bonds is 4. The lowest BCUT2D eigenvalue weighted by Crippen LogP contribution is -2.55. The lowest BCUT2D eigenvalue weighted by Gasteiger charge is -2.48. The summed E-state index contributed by atoms with van der Waals surface area (Å²) in [6.45, 7) is 9.24. The zero-order chi connectivity index (χ0) is 18.0. The first kappa shape index (κ1) is 18.0. The van der Waals surface area contributed by atoms with E-state index in [1.165, 1.54) is 0 Å². The van der Waals surface area contributed by atoms with Crippen LogP contribution in [-0.4, -0.2) is 52.9 Å². The van der Waals surface area contributed by atoms with Crippen LogP contribution in [0.25, 0.3) is 0 Å². The summed E-state index contributed by atoms with van der Waals surface area (Å²) in [6.07, 6.45) is 4.58. The minimum absolute atomic E-state index is 0.0393. The summed E-state index contributed by atoms with van der Waals surface area (Å²) in [5.41, 5.74) is 0.426. The molecule has 0 N–H and O–H groups in total. The van der Waals surface area contributed by atoms with E-state index in [2.05, 4.69) is 19.0 Å². The van der Waals surface area contributed by atoms with Gasteiger partial charge in [-0.1, -0.05) is 19.0 Å². The Hall–Kier alpha value is -1.85. The highest BCUT2D eigenvalue weighted by Crippen LogP contribution is 2.39. The van der Waals surface area contributed by atoms with Crippen molar-refractivity contribution < 1.29 is 14.1 Å². The fraction of sp³-hybridized carbons (Fsp3) is 0.737. The number of hydrogen-bond acceptors (Lipinski definition) is 4. The Kier molecular flexibility index (Phi) is 5.16. The van der Waals surface area contributed by atoms with E-state index in [0.29, 0.717) is 30.3 Å². The van der Waals surface area contributed by atoms with Crippen molar-refractivity contribution in [1.29, 1.82) is 0 Å². The summed E-state index contributed by atoms with van der Waals surface area (Å²) in [5, 5.41) is 3.87. The number of likely N-dealkylation sites (tertiary alicyclic amines) is 2. The maximum atomic E-state index is 12.7. The van der Waals surface area contributed by atoms with Crippen LogP contribution in [0.15, 0.2) is 10.6 Å². The van der Waals surface area contributed by atoms with Gasteiger partial charge in [-0.3, -0.25) is 9.59 Å². The van der Waals surface area contributed by atoms with Gasteiger partial charge in [0.15, 0.2) is 5.69 Å². The van der Waals surface area contributed by atoms with Gasteiger partial charge in [0.1, 0.15) is 5.76 Å². The molecule has 3 heterocycles. The quantitative estimate of drug-likeness (QED) is 0.840. The van der Waals surface area contributed by atoms with Crippen LogP contribution in [0.2, 0.25) is 0 Å². The van der Waals surface area contributed by atoms with Crippen molar-refractivity contribution in [2.75, 3.05) is 26.2 Å². The summed E-state index contributed by atoms with van der Waals surface area (Å²) in [7, 11) is 0. The average molecular weight is 347 g/mol. The topological polar surface area (TPSA) is 66.7 Å². The van der Waals surface area contributed by atoms with Gasteiger partial charge in [0.25, 0.3) is 5.91 Å². The Bertz CT molecular complexity index is 640. The molecule has 0 aliphatic carbocycles. The molecule has 3 rings (SSSR count). The van der Waals surface area contributed by atoms with Gasteiger partial charge < -0.3 is 14.3 Å². The molecule has 2 amide bonds. The predicted octanol–water partition coefficient (Wildman–Crippen LogP) is 2.87. The largest absolute Gasteiger partial charge is 0.361 e. The van der Waals surface area contributed by atoms with Gasteiger partial charge >= 0.3 is 0 Å². The molecule has 2 saturated heterocycles. The Morgan fingerprint density at radius 2 is 2.16 bits per heavy atom. The highest BCUT2D eigenvalue weighted by molar-refractivity contribution is 5.92. The molecule has 6 nitrogen and oxygen atoms in total. The molecule has 0 bridgehead atoms. The van der Waals surface area contributed by atoms with E-state index < -0.39 is 0 Å². The van der Waals surface area contributed by atoms with Gasteiger partial charge in [-0.05, 0) is 38.5 Å². The number of carbonyl (C=O) groups excluding carboxylic acids is 2. The molecule has 2 fully saturated rings. The predicted molar refractivity (Wildman–Crippen MR) is 94.1 cm³/mol. The second-order valence-electron chi connectivity index (χ2n) is 8.15. The molecule has 0 radical (unpaired) electrons. The van der Waals surface area contributed by atoms with Crippen LogP contribution < -0.4 is 0 Å². The first-order chi connectivity index (χ1) is 11.9. The highest BCUT2D eigenvalue weighted by atomic mass is 16.5. The van der Waals surface area contributed by atoms with Crippen molar-refractivity contribution >= 4 is 11.8 Å². The molecule has 6 heteroatoms. The first-order valence-corrected chi connectivity index (χ1v) is 9.39. The minimum Gasteiger partial charge on any atom is -0.361 e. The van der Waals surface area contributed by atoms with Crippen molar-refractivity contribution in [2.24, 2.45) is 11.3 Å². The Morgan fingerprint density at radius 1 is 1.36 bits per heavy atom. The maximum absolute atomic E-state index is 12.7. The van der Waals surface area contributed by atoms with Crippen molar-refractivity contribution in [3.05, 3.63) is 17.5 Å². The first-order valence-electron chi connectivity index (χ1n) is 9.39. The number of aromatic nitrogens is 1. The zero-order valence-corrected chi connectivity index (χ0v) is 15.6. The van der Waals surface area contributed by atoms with E-state index in [4.69, 9.17) is 4.52 Å². The number of carbonyl (C=O) groups is 2. The molecular weight excluding hydrogens is 318 g/mol. The van der Waals surface area contributed by atoms with Gasteiger partial charge in [0, 0.05) is 44.1 Å². The van der Waals surface area contributed by atoms with Gasteiger partial charge in [-0.15, -0.1) is 0 Å². The molecule has 25 heavy (non-hydrogen) atoms. The molecule has 1 aromatic rings. The molecule has 1 spiro atoms. The molecule has 2 aliphatic rings. The molecule has 2 aliphatic heterocycles. The second-order valence-corrected chi connectivity index (χ2v) is 8.15. The number of amides is 2. The normalized spacial score (nSPS) is 24.4. The second kappa shape index (κ2) is 7.18. The van der Waals surface area contributed by atoms with Crippen LogP contribution in [0.1, 0.15) is 62.2 Å². The lowest BCUT2D eigenvalue weighted by molar-refractivity contribution is -0.139. The summed E-state index contributed by atoms with van der Waals surface area (Å²) >= 11 is 0. The van der Waals surface area contributed by atoms with Crippen molar-refractivity contribution in [3.63, 3.8) is 0 Å². The minimum atomic E-state index is -0.0541. The third-order valence-electron chi connectivity index (χ3n) is 5.52. The highest BCUT2D eigenvalue weighted by Gasteiger charge is 2.43. The van der Waals surface area contributed by atoms with Crippen LogP contribution >= 0.6 is 0 Å². The molecule has 138 valence electrons. The zero-order valence-electron chi connectivity index (χ0n) is 15.6. The number of nitrogens with zero attached hydrogens (tertiary/aromatic N) is 3. The van der Waals surface area contributed by atoms with Crippen molar-refractivity contribution in [3.8, 4) is 0 Å². The van der Waals surface area contributed by atoms with Crippen LogP contribution in [0.4, 0.5) is 0 Å². The number of piperidine rings is 2.